The maximum atomic E-state index is 13.9. The summed E-state index contributed by atoms with van der Waals surface area (Å²) < 4.78 is 0. The second kappa shape index (κ2) is 16.1. The molecule has 5 unspecified atom stereocenters. The van der Waals surface area contributed by atoms with E-state index >= 15 is 0 Å². The maximum Gasteiger partial charge on any atom is 0.326 e. The van der Waals surface area contributed by atoms with Crippen molar-refractivity contribution in [1.29, 1.82) is 0 Å². The molecule has 0 radical (unpaired) electrons. The van der Waals surface area contributed by atoms with Crippen LogP contribution >= 0.6 is 0 Å². The third kappa shape index (κ3) is 8.52. The van der Waals surface area contributed by atoms with E-state index in [2.05, 4.69) is 25.9 Å². The lowest BCUT2D eigenvalue weighted by Crippen LogP contribution is -2.58. The molecular formula is C34H45N7O5. The van der Waals surface area contributed by atoms with E-state index in [-0.39, 0.29) is 25.2 Å². The number of aromatic nitrogens is 2. The van der Waals surface area contributed by atoms with Gasteiger partial charge in [0.2, 0.25) is 17.7 Å². The number of rotatable bonds is 17. The quantitative estimate of drug-likeness (QED) is 0.0816. The number of carbonyl (C=O) groups is 4. The number of nitrogens with two attached hydrogens (primary N) is 2. The van der Waals surface area contributed by atoms with Gasteiger partial charge in [-0.3, -0.25) is 14.4 Å². The van der Waals surface area contributed by atoms with Gasteiger partial charge >= 0.3 is 5.97 Å². The molecule has 5 atom stereocenters. The Morgan fingerprint density at radius 1 is 0.783 bits per heavy atom. The van der Waals surface area contributed by atoms with Gasteiger partial charge in [0.15, 0.2) is 0 Å². The van der Waals surface area contributed by atoms with E-state index in [0.717, 1.165) is 32.9 Å². The summed E-state index contributed by atoms with van der Waals surface area (Å²) in [5.41, 5.74) is 15.5. The van der Waals surface area contributed by atoms with Gasteiger partial charge in [-0.2, -0.15) is 0 Å². The Balaban J connectivity index is 1.56. The molecule has 0 spiro atoms. The summed E-state index contributed by atoms with van der Waals surface area (Å²) in [6.45, 7) is 3.99. The third-order valence-corrected chi connectivity index (χ3v) is 8.54. The molecule has 0 fully saturated rings. The summed E-state index contributed by atoms with van der Waals surface area (Å²) in [4.78, 5) is 59.1. The molecule has 12 nitrogen and oxygen atoms in total. The van der Waals surface area contributed by atoms with Crippen molar-refractivity contribution in [2.24, 2.45) is 17.4 Å². The topological polar surface area (TPSA) is 208 Å². The number of hydrogen-bond donors (Lipinski definition) is 8. The van der Waals surface area contributed by atoms with Crippen molar-refractivity contribution in [1.82, 2.24) is 25.9 Å². The molecule has 0 bridgehead atoms. The maximum absolute atomic E-state index is 13.9. The number of carbonyl (C=O) groups excluding carboxylic acids is 3. The Labute approximate surface area is 268 Å². The zero-order valence-electron chi connectivity index (χ0n) is 26.3. The van der Waals surface area contributed by atoms with Crippen LogP contribution in [0.1, 0.15) is 50.7 Å². The molecule has 4 rings (SSSR count). The van der Waals surface area contributed by atoms with Crippen molar-refractivity contribution >= 4 is 45.5 Å². The first-order valence-electron chi connectivity index (χ1n) is 15.8. The number of fused-ring (bicyclic) bond motifs is 2. The molecule has 0 aliphatic heterocycles. The van der Waals surface area contributed by atoms with Gasteiger partial charge in [-0.1, -0.05) is 56.7 Å². The van der Waals surface area contributed by atoms with Gasteiger partial charge in [-0.15, -0.1) is 0 Å². The number of aliphatic carboxylic acids is 1. The second-order valence-electron chi connectivity index (χ2n) is 11.9. The Morgan fingerprint density at radius 3 is 1.89 bits per heavy atom. The van der Waals surface area contributed by atoms with Crippen LogP contribution in [0.4, 0.5) is 0 Å². The fourth-order valence-electron chi connectivity index (χ4n) is 5.61. The highest BCUT2D eigenvalue weighted by atomic mass is 16.4. The fraction of sp³-hybridized carbons (Fsp3) is 0.412. The van der Waals surface area contributed by atoms with Crippen molar-refractivity contribution in [3.05, 3.63) is 72.1 Å². The van der Waals surface area contributed by atoms with E-state index in [1.165, 1.54) is 0 Å². The highest BCUT2D eigenvalue weighted by Gasteiger charge is 2.32. The summed E-state index contributed by atoms with van der Waals surface area (Å²) in [5, 5.41) is 19.8. The molecule has 2 aromatic heterocycles. The van der Waals surface area contributed by atoms with Gasteiger partial charge in [0.1, 0.15) is 18.1 Å². The molecule has 0 aliphatic rings. The standard InChI is InChI=1S/C34H45N7O5/c1-3-20(2)30(34(45)46)41-32(43)28(14-8-9-15-35)39-33(44)29(17-22-19-38-27-13-7-5-11-24(22)27)40-31(42)25(36)16-21-18-37-26-12-6-4-10-23(21)26/h4-7,10-13,18-20,25,28-30,37-38H,3,8-9,14-17,35-36H2,1-2H3,(H,39,44)(H,40,42)(H,41,43)(H,45,46). The molecule has 4 aromatic rings. The van der Waals surface area contributed by atoms with E-state index in [4.69, 9.17) is 11.5 Å². The van der Waals surface area contributed by atoms with Crippen molar-refractivity contribution in [2.45, 2.75) is 76.5 Å². The summed E-state index contributed by atoms with van der Waals surface area (Å²) in [6.07, 6.45) is 5.92. The van der Waals surface area contributed by atoms with E-state index in [9.17, 15) is 24.3 Å². The third-order valence-electron chi connectivity index (χ3n) is 8.54. The van der Waals surface area contributed by atoms with Crippen LogP contribution in [-0.2, 0) is 32.0 Å². The predicted molar refractivity (Wildman–Crippen MR) is 178 cm³/mol. The van der Waals surface area contributed by atoms with E-state index in [1.54, 1.807) is 13.1 Å². The number of nitrogens with one attached hydrogen (secondary N) is 5. The number of benzene rings is 2. The Kier molecular flexibility index (Phi) is 11.9. The first kappa shape index (κ1) is 34.2. The average Bonchev–Trinajstić information content (AvgIpc) is 3.66. The normalized spacial score (nSPS) is 14.7. The minimum absolute atomic E-state index is 0.128. The van der Waals surface area contributed by atoms with Gasteiger partial charge in [-0.05, 0) is 61.4 Å². The smallest absolute Gasteiger partial charge is 0.326 e. The van der Waals surface area contributed by atoms with E-state index < -0.39 is 47.9 Å². The number of H-pyrrole nitrogens is 2. The highest BCUT2D eigenvalue weighted by Crippen LogP contribution is 2.21. The predicted octanol–water partition coefficient (Wildman–Crippen LogP) is 2.48. The number of aromatic amines is 2. The zero-order valence-corrected chi connectivity index (χ0v) is 26.3. The lowest BCUT2D eigenvalue weighted by molar-refractivity contribution is -0.144. The Hall–Kier alpha value is -4.68. The number of amides is 3. The largest absolute Gasteiger partial charge is 0.480 e. The van der Waals surface area contributed by atoms with Crippen LogP contribution in [0, 0.1) is 5.92 Å². The van der Waals surface area contributed by atoms with Crippen LogP contribution in [0.3, 0.4) is 0 Å². The number of carboxylic acid groups (broad SMARTS) is 1. The van der Waals surface area contributed by atoms with Crippen LogP contribution in [0.25, 0.3) is 21.8 Å². The molecule has 0 saturated heterocycles. The first-order chi connectivity index (χ1) is 22.1. The summed E-state index contributed by atoms with van der Waals surface area (Å²) >= 11 is 0. The average molecular weight is 632 g/mol. The fourth-order valence-corrected chi connectivity index (χ4v) is 5.61. The Morgan fingerprint density at radius 2 is 1.33 bits per heavy atom. The van der Waals surface area contributed by atoms with Crippen LogP contribution < -0.4 is 27.4 Å². The SMILES string of the molecule is CCC(C)C(NC(=O)C(CCCCN)NC(=O)C(Cc1c[nH]c2ccccc12)NC(=O)C(N)Cc1c[nH]c2ccccc12)C(=O)O. The minimum Gasteiger partial charge on any atom is -0.480 e. The molecule has 0 saturated carbocycles. The van der Waals surface area contributed by atoms with Crippen molar-refractivity contribution < 1.29 is 24.3 Å². The molecule has 246 valence electrons. The lowest BCUT2D eigenvalue weighted by atomic mass is 9.98. The van der Waals surface area contributed by atoms with Crippen LogP contribution in [-0.4, -0.2) is 69.5 Å². The number of para-hydroxylation sites is 2. The molecule has 12 heteroatoms. The van der Waals surface area contributed by atoms with Gasteiger partial charge in [0.25, 0.3) is 0 Å². The monoisotopic (exact) mass is 631 g/mol. The second-order valence-corrected chi connectivity index (χ2v) is 11.9. The Bertz CT molecular complexity index is 1650. The molecular weight excluding hydrogens is 586 g/mol. The van der Waals surface area contributed by atoms with Crippen LogP contribution in [0.15, 0.2) is 60.9 Å². The van der Waals surface area contributed by atoms with Gasteiger partial charge in [-0.25, -0.2) is 4.79 Å². The van der Waals surface area contributed by atoms with Crippen molar-refractivity contribution in [2.75, 3.05) is 6.54 Å². The summed E-state index contributed by atoms with van der Waals surface area (Å²) in [7, 11) is 0. The molecule has 2 heterocycles. The first-order valence-corrected chi connectivity index (χ1v) is 15.8. The minimum atomic E-state index is -1.15. The molecule has 46 heavy (non-hydrogen) atoms. The highest BCUT2D eigenvalue weighted by molar-refractivity contribution is 5.95. The lowest BCUT2D eigenvalue weighted by Gasteiger charge is -2.26. The zero-order chi connectivity index (χ0) is 33.2. The summed E-state index contributed by atoms with van der Waals surface area (Å²) in [6, 6.07) is 11.2. The van der Waals surface area contributed by atoms with Gasteiger partial charge < -0.3 is 42.5 Å². The van der Waals surface area contributed by atoms with Gasteiger partial charge in [0, 0.05) is 40.6 Å². The number of hydrogen-bond acceptors (Lipinski definition) is 6. The molecule has 10 N–H and O–H groups in total. The molecule has 3 amide bonds. The number of carboxylic acids is 1. The van der Waals surface area contributed by atoms with E-state index in [0.29, 0.717) is 25.8 Å². The van der Waals surface area contributed by atoms with Gasteiger partial charge in [0.05, 0.1) is 6.04 Å². The molecule has 0 aliphatic carbocycles. The van der Waals surface area contributed by atoms with E-state index in [1.807, 2.05) is 61.7 Å². The van der Waals surface area contributed by atoms with Crippen molar-refractivity contribution in [3.63, 3.8) is 0 Å². The van der Waals surface area contributed by atoms with Crippen molar-refractivity contribution in [3.8, 4) is 0 Å². The molecule has 2 aromatic carbocycles. The van der Waals surface area contributed by atoms with Crippen LogP contribution in [0.5, 0.6) is 0 Å². The number of unbranched alkanes of at least 4 members (excludes halogenated alkanes) is 1. The summed E-state index contributed by atoms with van der Waals surface area (Å²) in [5.74, 6) is -3.18. The van der Waals surface area contributed by atoms with Crippen LogP contribution in [0.2, 0.25) is 0 Å².